The second-order valence-electron chi connectivity index (χ2n) is 13.0. The van der Waals surface area contributed by atoms with Crippen LogP contribution < -0.4 is 0 Å². The molecule has 0 aliphatic rings. The number of unbranched alkanes of at least 4 members (excludes halogenated alkanes) is 14. The Hall–Kier alpha value is -1.52. The molecule has 0 N–H and O–H groups in total. The average Bonchev–Trinajstić information content (AvgIpc) is 3.06. The molecule has 0 aromatic heterocycles. The molecule has 0 aliphatic heterocycles. The second kappa shape index (κ2) is 23.1. The van der Waals surface area contributed by atoms with Crippen LogP contribution in [-0.4, -0.2) is 63.7 Å². The minimum Gasteiger partial charge on any atom is -0.744 e. The molecule has 4 aromatic rings. The van der Waals surface area contributed by atoms with Gasteiger partial charge in [0.25, 0.3) is 0 Å². The van der Waals surface area contributed by atoms with Crippen LogP contribution >= 0.6 is 0 Å². The molecule has 0 amide bonds. The number of hydrogen-bond donors (Lipinski definition) is 0. The average molecular weight is 735 g/mol. The first-order valence-corrected chi connectivity index (χ1v) is 20.8. The molecule has 0 aliphatic carbocycles. The Bertz CT molecular complexity index is 1640. The first kappa shape index (κ1) is 43.6. The molecule has 4 aromatic carbocycles. The van der Waals surface area contributed by atoms with Gasteiger partial charge in [0.05, 0.1) is 9.79 Å². The topological polar surface area (TPSA) is 114 Å². The van der Waals surface area contributed by atoms with Gasteiger partial charge in [-0.15, -0.1) is 0 Å². The third-order valence-corrected chi connectivity index (χ3v) is 10.6. The predicted molar refractivity (Wildman–Crippen MR) is 202 cm³/mol. The van der Waals surface area contributed by atoms with Crippen molar-refractivity contribution < 1.29 is 25.9 Å². The van der Waals surface area contributed by atoms with Crippen molar-refractivity contribution in [3.63, 3.8) is 0 Å². The first-order valence-electron chi connectivity index (χ1n) is 18.0. The van der Waals surface area contributed by atoms with E-state index in [2.05, 4.69) is 26.0 Å². The van der Waals surface area contributed by atoms with Crippen LogP contribution in [0.5, 0.6) is 0 Å². The van der Waals surface area contributed by atoms with Crippen molar-refractivity contribution in [2.75, 3.05) is 0 Å². The maximum absolute atomic E-state index is 11.1. The third-order valence-electron chi connectivity index (χ3n) is 8.97. The summed E-state index contributed by atoms with van der Waals surface area (Å²) in [5.74, 6) is 0. The van der Waals surface area contributed by atoms with Gasteiger partial charge in [0, 0.05) is 0 Å². The van der Waals surface area contributed by atoms with Gasteiger partial charge in [0.15, 0.2) is 0 Å². The number of benzene rings is 4. The quantitative estimate of drug-likeness (QED) is 0.0507. The van der Waals surface area contributed by atoms with Gasteiger partial charge >= 0.3 is 37.7 Å². The summed E-state index contributed by atoms with van der Waals surface area (Å²) in [7, 11) is -8.77. The Balaban J connectivity index is 0.000000333. The van der Waals surface area contributed by atoms with E-state index in [1.165, 1.54) is 138 Å². The molecule has 4 rings (SSSR count). The van der Waals surface area contributed by atoms with Gasteiger partial charge in [-0.2, -0.15) is 0 Å². The minimum absolute atomic E-state index is 0. The summed E-state index contributed by atoms with van der Waals surface area (Å²) >= 11 is 0. The molecule has 0 saturated heterocycles. The SMILES string of the molecule is CCCCCCCCCCc1ccc2cc(S(=O)(=O)[O-])ccc2c1.CCCCCCCCCCc1ccc2cc(S(=O)(=O)[O-])ccc2c1.[Ca+2]. The van der Waals surface area contributed by atoms with E-state index in [1.54, 1.807) is 12.1 Å². The zero-order valence-electron chi connectivity index (χ0n) is 29.6. The maximum atomic E-state index is 11.1. The van der Waals surface area contributed by atoms with Crippen LogP contribution in [0, 0.1) is 0 Å². The summed E-state index contributed by atoms with van der Waals surface area (Å²) in [5.41, 5.74) is 2.54. The number of fused-ring (bicyclic) bond motifs is 2. The van der Waals surface area contributed by atoms with Crippen molar-refractivity contribution >= 4 is 79.5 Å². The molecular weight excluding hydrogens is 681 g/mol. The third kappa shape index (κ3) is 16.6. The van der Waals surface area contributed by atoms with Crippen LogP contribution in [-0.2, 0) is 33.1 Å². The van der Waals surface area contributed by atoms with Crippen LogP contribution in [0.1, 0.15) is 128 Å². The zero-order chi connectivity index (χ0) is 34.8. The molecule has 0 saturated carbocycles. The van der Waals surface area contributed by atoms with E-state index < -0.39 is 20.2 Å². The zero-order valence-corrected chi connectivity index (χ0v) is 33.5. The van der Waals surface area contributed by atoms with Crippen molar-refractivity contribution in [3.05, 3.63) is 83.9 Å². The smallest absolute Gasteiger partial charge is 0.744 e. The second-order valence-corrected chi connectivity index (χ2v) is 15.8. The monoisotopic (exact) mass is 734 g/mol. The Kier molecular flexibility index (Phi) is 20.6. The van der Waals surface area contributed by atoms with Crippen molar-refractivity contribution in [2.24, 2.45) is 0 Å². The number of aryl methyl sites for hydroxylation is 2. The molecule has 0 radical (unpaired) electrons. The Morgan fingerprint density at radius 2 is 0.694 bits per heavy atom. The number of hydrogen-bond acceptors (Lipinski definition) is 6. The molecule has 0 atom stereocenters. The molecule has 0 unspecified atom stereocenters. The fourth-order valence-corrected chi connectivity index (χ4v) is 7.11. The maximum Gasteiger partial charge on any atom is 2.00 e. The number of rotatable bonds is 20. The summed E-state index contributed by atoms with van der Waals surface area (Å²) in [6, 6.07) is 21.2. The van der Waals surface area contributed by atoms with Crippen LogP contribution in [0.4, 0.5) is 0 Å². The summed E-state index contributed by atoms with van der Waals surface area (Å²) in [6.45, 7) is 4.48. The molecule has 0 fully saturated rings. The van der Waals surface area contributed by atoms with Gasteiger partial charge in [-0.25, -0.2) is 16.8 Å². The molecule has 0 spiro atoms. The molecule has 264 valence electrons. The van der Waals surface area contributed by atoms with Crippen LogP contribution in [0.3, 0.4) is 0 Å². The van der Waals surface area contributed by atoms with Gasteiger partial charge in [-0.1, -0.05) is 152 Å². The van der Waals surface area contributed by atoms with Gasteiger partial charge in [-0.05, 0) is 82.6 Å². The van der Waals surface area contributed by atoms with Gasteiger partial charge < -0.3 is 9.11 Å². The summed E-state index contributed by atoms with van der Waals surface area (Å²) < 4.78 is 66.4. The summed E-state index contributed by atoms with van der Waals surface area (Å²) in [5, 5.41) is 3.57. The summed E-state index contributed by atoms with van der Waals surface area (Å²) in [4.78, 5) is -0.323. The normalized spacial score (nSPS) is 11.7. The van der Waals surface area contributed by atoms with Gasteiger partial charge in [0.2, 0.25) is 0 Å². The Labute approximate surface area is 326 Å². The molecular formula is C40H54CaO6S2. The Morgan fingerprint density at radius 3 is 1.02 bits per heavy atom. The predicted octanol–water partition coefficient (Wildman–Crippen LogP) is 10.5. The van der Waals surface area contributed by atoms with Crippen molar-refractivity contribution in [1.82, 2.24) is 0 Å². The fourth-order valence-electron chi connectivity index (χ4n) is 6.09. The Morgan fingerprint density at radius 1 is 0.408 bits per heavy atom. The molecule has 0 bridgehead atoms. The minimum atomic E-state index is -4.38. The first-order chi connectivity index (χ1) is 23.0. The largest absolute Gasteiger partial charge is 2.00 e. The molecule has 6 nitrogen and oxygen atoms in total. The van der Waals surface area contributed by atoms with E-state index in [-0.39, 0.29) is 47.5 Å². The van der Waals surface area contributed by atoms with E-state index in [1.807, 2.05) is 24.3 Å². The van der Waals surface area contributed by atoms with Crippen LogP contribution in [0.15, 0.2) is 82.6 Å². The van der Waals surface area contributed by atoms with E-state index in [0.717, 1.165) is 34.4 Å². The van der Waals surface area contributed by atoms with Crippen molar-refractivity contribution in [1.29, 1.82) is 0 Å². The molecule has 0 heterocycles. The van der Waals surface area contributed by atoms with Crippen molar-refractivity contribution in [2.45, 2.75) is 139 Å². The summed E-state index contributed by atoms with van der Waals surface area (Å²) in [6.07, 6.45) is 23.0. The molecule has 9 heteroatoms. The van der Waals surface area contributed by atoms with Gasteiger partial charge in [-0.3, -0.25) is 0 Å². The van der Waals surface area contributed by atoms with E-state index in [9.17, 15) is 25.9 Å². The van der Waals surface area contributed by atoms with E-state index in [4.69, 9.17) is 0 Å². The van der Waals surface area contributed by atoms with Gasteiger partial charge in [0.1, 0.15) is 20.2 Å². The van der Waals surface area contributed by atoms with Crippen LogP contribution in [0.2, 0.25) is 0 Å². The molecule has 49 heavy (non-hydrogen) atoms. The standard InChI is InChI=1S/2C20H28O3S.Ca/c2*1-2-3-4-5-6-7-8-9-10-17-11-12-19-16-20(24(21,22)23)14-13-18(19)15-17;/h2*11-16H,2-10H2,1H3,(H,21,22,23);/q;;+2/p-2. The van der Waals surface area contributed by atoms with Crippen LogP contribution in [0.25, 0.3) is 21.5 Å². The van der Waals surface area contributed by atoms with E-state index >= 15 is 0 Å². The fraction of sp³-hybridized carbons (Fsp3) is 0.500. The van der Waals surface area contributed by atoms with Crippen molar-refractivity contribution in [3.8, 4) is 0 Å². The van der Waals surface area contributed by atoms with E-state index in [0.29, 0.717) is 0 Å².